The van der Waals surface area contributed by atoms with Gasteiger partial charge in [0.05, 0.1) is 6.61 Å². The largest absolute Gasteiger partial charge is 0.477 e. The third-order valence-electron chi connectivity index (χ3n) is 5.08. The topological polar surface area (TPSA) is 54.5 Å². The molecule has 1 saturated heterocycles. The lowest BCUT2D eigenvalue weighted by atomic mass is 10.1. The summed E-state index contributed by atoms with van der Waals surface area (Å²) in [5.41, 5.74) is 1.04. The SMILES string of the molecule is O=C(NCc1ccnc(OCC2CC2)c1)N1CC2CCC1C2. The Morgan fingerprint density at radius 3 is 3.00 bits per heavy atom. The Morgan fingerprint density at radius 1 is 1.36 bits per heavy atom. The molecule has 118 valence electrons. The monoisotopic (exact) mass is 301 g/mol. The summed E-state index contributed by atoms with van der Waals surface area (Å²) < 4.78 is 5.68. The number of rotatable bonds is 5. The van der Waals surface area contributed by atoms with Gasteiger partial charge in [-0.05, 0) is 55.6 Å². The number of fused-ring (bicyclic) bond motifs is 2. The van der Waals surface area contributed by atoms with Gasteiger partial charge in [-0.25, -0.2) is 9.78 Å². The van der Waals surface area contributed by atoms with E-state index >= 15 is 0 Å². The van der Waals surface area contributed by atoms with Gasteiger partial charge in [0, 0.05) is 31.4 Å². The van der Waals surface area contributed by atoms with Crippen LogP contribution < -0.4 is 10.1 Å². The first-order valence-electron chi connectivity index (χ1n) is 8.40. The molecule has 22 heavy (non-hydrogen) atoms. The number of pyridine rings is 1. The Bertz CT molecular complexity index is 559. The van der Waals surface area contributed by atoms with Crippen molar-refractivity contribution in [3.05, 3.63) is 23.9 Å². The molecule has 1 N–H and O–H groups in total. The number of aromatic nitrogens is 1. The predicted molar refractivity (Wildman–Crippen MR) is 82.5 cm³/mol. The van der Waals surface area contributed by atoms with Crippen molar-refractivity contribution in [3.8, 4) is 5.88 Å². The first kappa shape index (κ1) is 13.9. The third-order valence-corrected chi connectivity index (χ3v) is 5.08. The van der Waals surface area contributed by atoms with Crippen LogP contribution in [-0.2, 0) is 6.54 Å². The summed E-state index contributed by atoms with van der Waals surface area (Å²) in [6.45, 7) is 2.23. The van der Waals surface area contributed by atoms with E-state index < -0.39 is 0 Å². The van der Waals surface area contributed by atoms with Crippen molar-refractivity contribution < 1.29 is 9.53 Å². The van der Waals surface area contributed by atoms with Gasteiger partial charge in [0.15, 0.2) is 0 Å². The van der Waals surface area contributed by atoms with Crippen LogP contribution in [0.5, 0.6) is 5.88 Å². The number of likely N-dealkylation sites (tertiary alicyclic amines) is 1. The van der Waals surface area contributed by atoms with Gasteiger partial charge in [0.2, 0.25) is 5.88 Å². The number of nitrogens with one attached hydrogen (secondary N) is 1. The average Bonchev–Trinajstić information content (AvgIpc) is 3.14. The van der Waals surface area contributed by atoms with Crippen molar-refractivity contribution in [2.45, 2.75) is 44.7 Å². The molecule has 4 rings (SSSR count). The number of carbonyl (C=O) groups excluding carboxylic acids is 1. The molecule has 1 aromatic heterocycles. The number of ether oxygens (including phenoxy) is 1. The van der Waals surface area contributed by atoms with E-state index in [0.29, 0.717) is 18.5 Å². The van der Waals surface area contributed by atoms with E-state index in [1.54, 1.807) is 6.20 Å². The Hall–Kier alpha value is -1.78. The Kier molecular flexibility index (Phi) is 3.64. The van der Waals surface area contributed by atoms with Gasteiger partial charge in [-0.2, -0.15) is 0 Å². The summed E-state index contributed by atoms with van der Waals surface area (Å²) in [5.74, 6) is 2.12. The van der Waals surface area contributed by atoms with E-state index in [1.165, 1.54) is 32.1 Å². The summed E-state index contributed by atoms with van der Waals surface area (Å²) >= 11 is 0. The Morgan fingerprint density at radius 2 is 2.27 bits per heavy atom. The van der Waals surface area contributed by atoms with E-state index in [0.717, 1.165) is 30.6 Å². The molecular weight excluding hydrogens is 278 g/mol. The van der Waals surface area contributed by atoms with Crippen LogP contribution in [0.2, 0.25) is 0 Å². The maximum absolute atomic E-state index is 12.3. The van der Waals surface area contributed by atoms with E-state index in [1.807, 2.05) is 17.0 Å². The van der Waals surface area contributed by atoms with Crippen molar-refractivity contribution in [3.63, 3.8) is 0 Å². The molecule has 1 aromatic rings. The van der Waals surface area contributed by atoms with Gasteiger partial charge in [0.25, 0.3) is 0 Å². The van der Waals surface area contributed by atoms with Crippen LogP contribution in [-0.4, -0.2) is 35.1 Å². The molecule has 5 heteroatoms. The van der Waals surface area contributed by atoms with Crippen LogP contribution in [0.4, 0.5) is 4.79 Å². The highest BCUT2D eigenvalue weighted by Crippen LogP contribution is 2.37. The molecule has 3 aliphatic rings. The molecule has 2 bridgehead atoms. The minimum Gasteiger partial charge on any atom is -0.477 e. The van der Waals surface area contributed by atoms with Crippen molar-refractivity contribution in [1.82, 2.24) is 15.2 Å². The lowest BCUT2D eigenvalue weighted by molar-refractivity contribution is 0.180. The highest BCUT2D eigenvalue weighted by molar-refractivity contribution is 5.75. The lowest BCUT2D eigenvalue weighted by Gasteiger charge is -2.27. The zero-order valence-electron chi connectivity index (χ0n) is 12.8. The zero-order chi connectivity index (χ0) is 14.9. The van der Waals surface area contributed by atoms with Crippen LogP contribution in [0, 0.1) is 11.8 Å². The first-order valence-corrected chi connectivity index (χ1v) is 8.40. The normalized spacial score (nSPS) is 26.3. The summed E-state index contributed by atoms with van der Waals surface area (Å²) in [6.07, 6.45) is 7.96. The van der Waals surface area contributed by atoms with E-state index in [4.69, 9.17) is 4.74 Å². The number of hydrogen-bond donors (Lipinski definition) is 1. The van der Waals surface area contributed by atoms with Gasteiger partial charge < -0.3 is 15.0 Å². The maximum Gasteiger partial charge on any atom is 0.317 e. The molecule has 2 heterocycles. The molecule has 2 atom stereocenters. The van der Waals surface area contributed by atoms with Crippen molar-refractivity contribution in [2.24, 2.45) is 11.8 Å². The smallest absolute Gasteiger partial charge is 0.317 e. The number of nitrogens with zero attached hydrogens (tertiary/aromatic N) is 2. The van der Waals surface area contributed by atoms with Crippen LogP contribution in [0.15, 0.2) is 18.3 Å². The molecule has 2 aliphatic carbocycles. The molecule has 2 amide bonds. The van der Waals surface area contributed by atoms with Gasteiger partial charge in [-0.1, -0.05) is 0 Å². The fourth-order valence-corrected chi connectivity index (χ4v) is 3.58. The fraction of sp³-hybridized carbons (Fsp3) is 0.647. The molecule has 2 unspecified atom stereocenters. The number of urea groups is 1. The highest BCUT2D eigenvalue weighted by Gasteiger charge is 2.40. The average molecular weight is 301 g/mol. The third kappa shape index (κ3) is 3.03. The van der Waals surface area contributed by atoms with Crippen molar-refractivity contribution >= 4 is 6.03 Å². The first-order chi connectivity index (χ1) is 10.8. The van der Waals surface area contributed by atoms with Gasteiger partial charge in [0.1, 0.15) is 0 Å². The number of hydrogen-bond acceptors (Lipinski definition) is 3. The fourth-order valence-electron chi connectivity index (χ4n) is 3.58. The van der Waals surface area contributed by atoms with Crippen LogP contribution >= 0.6 is 0 Å². The van der Waals surface area contributed by atoms with Crippen LogP contribution in [0.25, 0.3) is 0 Å². The molecule has 3 fully saturated rings. The van der Waals surface area contributed by atoms with E-state index in [2.05, 4.69) is 10.3 Å². The van der Waals surface area contributed by atoms with E-state index in [9.17, 15) is 4.79 Å². The van der Waals surface area contributed by atoms with Crippen LogP contribution in [0.3, 0.4) is 0 Å². The molecule has 0 radical (unpaired) electrons. The second-order valence-electron chi connectivity index (χ2n) is 6.90. The quantitative estimate of drug-likeness (QED) is 0.909. The molecular formula is C17H23N3O2. The number of carbonyl (C=O) groups is 1. The maximum atomic E-state index is 12.3. The van der Waals surface area contributed by atoms with Crippen molar-refractivity contribution in [1.29, 1.82) is 0 Å². The Balaban J connectivity index is 1.29. The predicted octanol–water partition coefficient (Wildman–Crippen LogP) is 2.56. The summed E-state index contributed by atoms with van der Waals surface area (Å²) in [4.78, 5) is 18.5. The molecule has 0 aromatic carbocycles. The second-order valence-corrected chi connectivity index (χ2v) is 6.90. The minimum atomic E-state index is 0.0736. The zero-order valence-corrected chi connectivity index (χ0v) is 12.8. The van der Waals surface area contributed by atoms with Gasteiger partial charge >= 0.3 is 6.03 Å². The minimum absolute atomic E-state index is 0.0736. The standard InChI is InChI=1S/C17H23N3O2/c21-17(20-10-14-3-4-15(20)7-14)19-9-13-5-6-18-16(8-13)22-11-12-1-2-12/h5-6,8,12,14-15H,1-4,7,9-11H2,(H,19,21). The Labute approximate surface area is 131 Å². The second kappa shape index (κ2) is 5.78. The van der Waals surface area contributed by atoms with Crippen molar-refractivity contribution in [2.75, 3.05) is 13.2 Å². The molecule has 2 saturated carbocycles. The lowest BCUT2D eigenvalue weighted by Crippen LogP contribution is -2.44. The molecule has 5 nitrogen and oxygen atoms in total. The highest BCUT2D eigenvalue weighted by atomic mass is 16.5. The van der Waals surface area contributed by atoms with E-state index in [-0.39, 0.29) is 6.03 Å². The van der Waals surface area contributed by atoms with Gasteiger partial charge in [-0.15, -0.1) is 0 Å². The number of piperidine rings is 1. The summed E-state index contributed by atoms with van der Waals surface area (Å²) in [7, 11) is 0. The summed E-state index contributed by atoms with van der Waals surface area (Å²) in [6, 6.07) is 4.41. The molecule has 1 aliphatic heterocycles. The van der Waals surface area contributed by atoms with Gasteiger partial charge in [-0.3, -0.25) is 0 Å². The van der Waals surface area contributed by atoms with Crippen LogP contribution in [0.1, 0.15) is 37.7 Å². The summed E-state index contributed by atoms with van der Waals surface area (Å²) in [5, 5.41) is 3.03. The molecule has 0 spiro atoms. The number of amides is 2.